The van der Waals surface area contributed by atoms with Gasteiger partial charge in [0.25, 0.3) is 0 Å². The summed E-state index contributed by atoms with van der Waals surface area (Å²) in [6, 6.07) is 0. The van der Waals surface area contributed by atoms with Gasteiger partial charge in [-0.25, -0.2) is 8.42 Å². The Morgan fingerprint density at radius 3 is 2.29 bits per heavy atom. The molecule has 1 unspecified atom stereocenters. The van der Waals surface area contributed by atoms with Crippen molar-refractivity contribution in [1.29, 1.82) is 0 Å². The van der Waals surface area contributed by atoms with Gasteiger partial charge in [-0.05, 0) is 26.2 Å². The minimum atomic E-state index is -3.10. The molecule has 0 heterocycles. The highest BCUT2D eigenvalue weighted by molar-refractivity contribution is 7.92. The lowest BCUT2D eigenvalue weighted by Crippen LogP contribution is -2.48. The first-order valence-electron chi connectivity index (χ1n) is 7.82. The van der Waals surface area contributed by atoms with E-state index in [0.717, 1.165) is 13.0 Å². The summed E-state index contributed by atoms with van der Waals surface area (Å²) in [5.41, 5.74) is 0. The molecule has 1 atom stereocenters. The third kappa shape index (κ3) is 7.69. The molecule has 6 heteroatoms. The molecule has 0 aliphatic heterocycles. The van der Waals surface area contributed by atoms with Crippen LogP contribution in [0.15, 0.2) is 4.99 Å². The first-order chi connectivity index (χ1) is 9.67. The summed E-state index contributed by atoms with van der Waals surface area (Å²) in [7, 11) is -1.40. The van der Waals surface area contributed by atoms with E-state index in [1.807, 2.05) is 0 Å². The molecule has 0 rings (SSSR count). The van der Waals surface area contributed by atoms with Crippen LogP contribution in [-0.4, -0.2) is 45.5 Å². The Labute approximate surface area is 130 Å². The first-order valence-corrected chi connectivity index (χ1v) is 9.71. The van der Waals surface area contributed by atoms with Crippen molar-refractivity contribution in [1.82, 2.24) is 10.6 Å². The van der Waals surface area contributed by atoms with E-state index in [4.69, 9.17) is 0 Å². The molecule has 0 fully saturated rings. The van der Waals surface area contributed by atoms with E-state index in [0.29, 0.717) is 18.4 Å². The highest BCUT2D eigenvalue weighted by atomic mass is 32.2. The molecule has 0 aromatic heterocycles. The van der Waals surface area contributed by atoms with Crippen molar-refractivity contribution in [3.8, 4) is 0 Å². The summed E-state index contributed by atoms with van der Waals surface area (Å²) < 4.78 is 22.6. The standard InChI is InChI=1S/C15H33N3O2S/c1-7-9-10-13(8-2)11-17-14(16-5)18-12-15(3,4)21(6,19)20/h13H,7-12H2,1-6H3,(H2,16,17,18). The average molecular weight is 320 g/mol. The number of nitrogens with one attached hydrogen (secondary N) is 2. The van der Waals surface area contributed by atoms with Crippen molar-refractivity contribution in [3.05, 3.63) is 0 Å². The van der Waals surface area contributed by atoms with Gasteiger partial charge in [0.1, 0.15) is 0 Å². The van der Waals surface area contributed by atoms with Crippen LogP contribution in [0, 0.1) is 5.92 Å². The summed E-state index contributed by atoms with van der Waals surface area (Å²) in [6.07, 6.45) is 6.08. The molecule has 21 heavy (non-hydrogen) atoms. The predicted molar refractivity (Wildman–Crippen MR) is 91.6 cm³/mol. The Bertz CT molecular complexity index is 417. The molecule has 0 aliphatic carbocycles. The lowest BCUT2D eigenvalue weighted by molar-refractivity contribution is 0.443. The van der Waals surface area contributed by atoms with E-state index in [1.54, 1.807) is 20.9 Å². The molecule has 0 spiro atoms. The van der Waals surface area contributed by atoms with Gasteiger partial charge in [-0.2, -0.15) is 0 Å². The van der Waals surface area contributed by atoms with Crippen LogP contribution < -0.4 is 10.6 Å². The molecule has 2 N–H and O–H groups in total. The number of sulfone groups is 1. The van der Waals surface area contributed by atoms with Crippen molar-refractivity contribution in [3.63, 3.8) is 0 Å². The van der Waals surface area contributed by atoms with Crippen LogP contribution >= 0.6 is 0 Å². The lowest BCUT2D eigenvalue weighted by atomic mass is 9.99. The monoisotopic (exact) mass is 319 g/mol. The second-order valence-corrected chi connectivity index (χ2v) is 8.90. The smallest absolute Gasteiger partial charge is 0.191 e. The van der Waals surface area contributed by atoms with Crippen LogP contribution in [0.4, 0.5) is 0 Å². The van der Waals surface area contributed by atoms with Crippen LogP contribution in [0.5, 0.6) is 0 Å². The number of aliphatic imine (C=N–C) groups is 1. The Hall–Kier alpha value is -0.780. The van der Waals surface area contributed by atoms with E-state index in [1.165, 1.54) is 25.5 Å². The fraction of sp³-hybridized carbons (Fsp3) is 0.933. The maximum atomic E-state index is 11.7. The fourth-order valence-electron chi connectivity index (χ4n) is 1.83. The summed E-state index contributed by atoms with van der Waals surface area (Å²) in [5.74, 6) is 1.30. The molecule has 0 saturated heterocycles. The van der Waals surface area contributed by atoms with Gasteiger partial charge in [0.05, 0.1) is 4.75 Å². The zero-order valence-electron chi connectivity index (χ0n) is 14.5. The van der Waals surface area contributed by atoms with E-state index in [9.17, 15) is 8.42 Å². The van der Waals surface area contributed by atoms with Gasteiger partial charge in [0, 0.05) is 26.4 Å². The molecule has 0 bridgehead atoms. The quantitative estimate of drug-likeness (QED) is 0.505. The fourth-order valence-corrected chi connectivity index (χ4v) is 2.17. The zero-order chi connectivity index (χ0) is 16.5. The molecule has 0 aromatic rings. The molecule has 126 valence electrons. The van der Waals surface area contributed by atoms with Gasteiger partial charge in [0.15, 0.2) is 15.8 Å². The Kier molecular flexibility index (Phi) is 8.94. The number of guanidine groups is 1. The number of hydrogen-bond donors (Lipinski definition) is 2. The van der Waals surface area contributed by atoms with E-state index < -0.39 is 14.6 Å². The Morgan fingerprint density at radius 1 is 1.24 bits per heavy atom. The van der Waals surface area contributed by atoms with Crippen molar-refractivity contribution in [2.45, 2.75) is 58.1 Å². The average Bonchev–Trinajstić information content (AvgIpc) is 2.40. The van der Waals surface area contributed by atoms with E-state index >= 15 is 0 Å². The minimum absolute atomic E-state index is 0.345. The highest BCUT2D eigenvalue weighted by Gasteiger charge is 2.30. The second kappa shape index (κ2) is 9.28. The van der Waals surface area contributed by atoms with Crippen molar-refractivity contribution >= 4 is 15.8 Å². The van der Waals surface area contributed by atoms with Crippen molar-refractivity contribution in [2.75, 3.05) is 26.4 Å². The number of hydrogen-bond acceptors (Lipinski definition) is 3. The summed E-state index contributed by atoms with van der Waals surface area (Å²) in [6.45, 7) is 9.06. The maximum Gasteiger partial charge on any atom is 0.191 e. The van der Waals surface area contributed by atoms with E-state index in [-0.39, 0.29) is 0 Å². The minimum Gasteiger partial charge on any atom is -0.356 e. The molecular weight excluding hydrogens is 286 g/mol. The van der Waals surface area contributed by atoms with Crippen LogP contribution in [-0.2, 0) is 9.84 Å². The number of rotatable bonds is 9. The first kappa shape index (κ1) is 20.2. The zero-order valence-corrected chi connectivity index (χ0v) is 15.3. The normalized spacial score (nSPS) is 14.9. The molecule has 0 amide bonds. The number of nitrogens with zero attached hydrogens (tertiary/aromatic N) is 1. The third-order valence-corrected chi connectivity index (χ3v) is 6.16. The lowest BCUT2D eigenvalue weighted by Gasteiger charge is -2.25. The largest absolute Gasteiger partial charge is 0.356 e. The third-order valence-electron chi connectivity index (χ3n) is 4.01. The van der Waals surface area contributed by atoms with Gasteiger partial charge < -0.3 is 10.6 Å². The van der Waals surface area contributed by atoms with Crippen molar-refractivity contribution in [2.24, 2.45) is 10.9 Å². The molecule has 5 nitrogen and oxygen atoms in total. The molecular formula is C15H33N3O2S. The van der Waals surface area contributed by atoms with Crippen LogP contribution in [0.25, 0.3) is 0 Å². The Morgan fingerprint density at radius 2 is 1.86 bits per heavy atom. The summed E-state index contributed by atoms with van der Waals surface area (Å²) in [5, 5.41) is 6.41. The van der Waals surface area contributed by atoms with Crippen LogP contribution in [0.1, 0.15) is 53.4 Å². The van der Waals surface area contributed by atoms with Crippen molar-refractivity contribution < 1.29 is 8.42 Å². The van der Waals surface area contributed by atoms with Gasteiger partial charge in [-0.1, -0.05) is 33.1 Å². The number of unbranched alkanes of at least 4 members (excludes halogenated alkanes) is 1. The van der Waals surface area contributed by atoms with Gasteiger partial charge in [-0.15, -0.1) is 0 Å². The maximum absolute atomic E-state index is 11.7. The topological polar surface area (TPSA) is 70.6 Å². The Balaban J connectivity index is 4.36. The van der Waals surface area contributed by atoms with Gasteiger partial charge in [-0.3, -0.25) is 4.99 Å². The summed E-state index contributed by atoms with van der Waals surface area (Å²) >= 11 is 0. The summed E-state index contributed by atoms with van der Waals surface area (Å²) in [4.78, 5) is 4.16. The van der Waals surface area contributed by atoms with Crippen LogP contribution in [0.3, 0.4) is 0 Å². The molecule has 0 aromatic carbocycles. The predicted octanol–water partition coefficient (Wildman–Crippen LogP) is 2.19. The molecule has 0 aliphatic rings. The van der Waals surface area contributed by atoms with Gasteiger partial charge in [0.2, 0.25) is 0 Å². The molecule has 0 saturated carbocycles. The van der Waals surface area contributed by atoms with Crippen LogP contribution in [0.2, 0.25) is 0 Å². The second-order valence-electron chi connectivity index (χ2n) is 6.26. The SMILES string of the molecule is CCCCC(CC)CNC(=NC)NCC(C)(C)S(C)(=O)=O. The highest BCUT2D eigenvalue weighted by Crippen LogP contribution is 2.13. The molecule has 0 radical (unpaired) electrons. The van der Waals surface area contributed by atoms with E-state index in [2.05, 4.69) is 29.5 Å². The van der Waals surface area contributed by atoms with Gasteiger partial charge >= 0.3 is 0 Å².